The van der Waals surface area contributed by atoms with Gasteiger partial charge in [0.15, 0.2) is 0 Å². The largest absolute Gasteiger partial charge is 0.506 e. The molecule has 0 aliphatic rings. The van der Waals surface area contributed by atoms with Gasteiger partial charge in [0.05, 0.1) is 11.1 Å². The molecule has 124 valence electrons. The summed E-state index contributed by atoms with van der Waals surface area (Å²) in [5, 5.41) is 25.7. The van der Waals surface area contributed by atoms with E-state index in [1.165, 1.54) is 28.9 Å². The molecule has 2 aromatic carbocycles. The maximum absolute atomic E-state index is 12.2. The lowest BCUT2D eigenvalue weighted by molar-refractivity contribution is 0.0957. The normalized spacial score (nSPS) is 11.5. The first-order valence-corrected chi connectivity index (χ1v) is 9.03. The van der Waals surface area contributed by atoms with Crippen LogP contribution in [0, 0.1) is 0 Å². The summed E-state index contributed by atoms with van der Waals surface area (Å²) in [6, 6.07) is 14.7. The molecular formula is C18H12N2O3S2. The van der Waals surface area contributed by atoms with Gasteiger partial charge in [-0.05, 0) is 24.3 Å². The van der Waals surface area contributed by atoms with Gasteiger partial charge in [-0.25, -0.2) is 5.43 Å². The van der Waals surface area contributed by atoms with Crippen molar-refractivity contribution in [1.82, 2.24) is 5.43 Å². The fourth-order valence-electron chi connectivity index (χ4n) is 2.52. The van der Waals surface area contributed by atoms with E-state index in [-0.39, 0.29) is 16.4 Å². The average Bonchev–Trinajstić information content (AvgIpc) is 3.14. The van der Waals surface area contributed by atoms with Gasteiger partial charge < -0.3 is 10.2 Å². The van der Waals surface area contributed by atoms with Crippen LogP contribution < -0.4 is 5.43 Å². The number of aromatic hydroxyl groups is 2. The van der Waals surface area contributed by atoms with Gasteiger partial charge in [0.2, 0.25) is 0 Å². The van der Waals surface area contributed by atoms with Gasteiger partial charge in [-0.15, -0.1) is 22.7 Å². The molecule has 0 aliphatic carbocycles. The summed E-state index contributed by atoms with van der Waals surface area (Å²) in [7, 11) is 0. The van der Waals surface area contributed by atoms with E-state index in [1.807, 2.05) is 36.4 Å². The lowest BCUT2D eigenvalue weighted by Crippen LogP contribution is -2.16. The third-order valence-electron chi connectivity index (χ3n) is 3.72. The summed E-state index contributed by atoms with van der Waals surface area (Å²) < 4.78 is 1.77. The SMILES string of the molecule is O=C(N/N=C\c1sc2ccccc2c1O)c1sc2ccccc2c1O. The molecule has 1 amide bonds. The van der Waals surface area contributed by atoms with Crippen molar-refractivity contribution in [3.8, 4) is 11.5 Å². The lowest BCUT2D eigenvalue weighted by Gasteiger charge is -1.97. The minimum absolute atomic E-state index is 0.0435. The third-order valence-corrected chi connectivity index (χ3v) is 5.97. The van der Waals surface area contributed by atoms with E-state index in [1.54, 1.807) is 12.1 Å². The highest BCUT2D eigenvalue weighted by atomic mass is 32.1. The summed E-state index contributed by atoms with van der Waals surface area (Å²) in [4.78, 5) is 13.0. The summed E-state index contributed by atoms with van der Waals surface area (Å²) in [6.07, 6.45) is 1.41. The standard InChI is InChI=1S/C18H12N2O3S2/c21-15-10-5-1-3-7-12(10)24-14(15)9-19-20-18(23)17-16(22)11-6-2-4-8-13(11)25-17/h1-9,21-22H,(H,20,23)/b19-9-. The second-order valence-electron chi connectivity index (χ2n) is 5.29. The van der Waals surface area contributed by atoms with Gasteiger partial charge in [0.25, 0.3) is 5.91 Å². The molecule has 4 aromatic rings. The van der Waals surface area contributed by atoms with Crippen molar-refractivity contribution in [2.24, 2.45) is 5.10 Å². The molecule has 0 bridgehead atoms. The number of hydrazone groups is 1. The molecule has 5 nitrogen and oxygen atoms in total. The molecule has 25 heavy (non-hydrogen) atoms. The maximum Gasteiger partial charge on any atom is 0.285 e. The number of thiophene rings is 2. The van der Waals surface area contributed by atoms with Crippen LogP contribution >= 0.6 is 22.7 Å². The number of fused-ring (bicyclic) bond motifs is 2. The molecule has 0 saturated heterocycles. The first-order valence-electron chi connectivity index (χ1n) is 7.39. The minimum Gasteiger partial charge on any atom is -0.506 e. The maximum atomic E-state index is 12.2. The number of nitrogens with zero attached hydrogens (tertiary/aromatic N) is 1. The molecule has 0 unspecified atom stereocenters. The molecule has 3 N–H and O–H groups in total. The van der Waals surface area contributed by atoms with Gasteiger partial charge in [-0.2, -0.15) is 5.10 Å². The van der Waals surface area contributed by atoms with E-state index >= 15 is 0 Å². The van der Waals surface area contributed by atoms with Crippen molar-refractivity contribution in [3.05, 3.63) is 58.3 Å². The number of hydrogen-bond donors (Lipinski definition) is 3. The van der Waals surface area contributed by atoms with Crippen molar-refractivity contribution >= 4 is 55.0 Å². The van der Waals surface area contributed by atoms with Crippen LogP contribution in [0.5, 0.6) is 11.5 Å². The van der Waals surface area contributed by atoms with Crippen LogP contribution in [0.3, 0.4) is 0 Å². The zero-order valence-electron chi connectivity index (χ0n) is 12.8. The Hall–Kier alpha value is -2.90. The van der Waals surface area contributed by atoms with Crippen molar-refractivity contribution < 1.29 is 15.0 Å². The number of amides is 1. The molecule has 0 atom stereocenters. The second kappa shape index (κ2) is 6.19. The molecule has 0 fully saturated rings. The van der Waals surface area contributed by atoms with Crippen LogP contribution in [0.4, 0.5) is 0 Å². The van der Waals surface area contributed by atoms with E-state index < -0.39 is 5.91 Å². The number of carbonyl (C=O) groups excluding carboxylic acids is 1. The van der Waals surface area contributed by atoms with Crippen LogP contribution in [0.25, 0.3) is 20.2 Å². The van der Waals surface area contributed by atoms with Crippen molar-refractivity contribution in [1.29, 1.82) is 0 Å². The smallest absolute Gasteiger partial charge is 0.285 e. The molecule has 0 saturated carbocycles. The van der Waals surface area contributed by atoms with Gasteiger partial charge in [0, 0.05) is 20.2 Å². The van der Waals surface area contributed by atoms with Crippen molar-refractivity contribution in [3.63, 3.8) is 0 Å². The van der Waals surface area contributed by atoms with Crippen molar-refractivity contribution in [2.45, 2.75) is 0 Å². The number of carbonyl (C=O) groups is 1. The van der Waals surface area contributed by atoms with Crippen LogP contribution in [-0.4, -0.2) is 22.3 Å². The Balaban J connectivity index is 1.57. The summed E-state index contributed by atoms with van der Waals surface area (Å²) in [5.41, 5.74) is 2.40. The Bertz CT molecular complexity index is 1130. The molecule has 0 radical (unpaired) electrons. The fourth-order valence-corrected chi connectivity index (χ4v) is 4.48. The Kier molecular flexibility index (Phi) is 3.87. The molecule has 7 heteroatoms. The van der Waals surface area contributed by atoms with E-state index in [4.69, 9.17) is 0 Å². The minimum atomic E-state index is -0.490. The highest BCUT2D eigenvalue weighted by molar-refractivity contribution is 7.21. The molecule has 0 spiro atoms. The van der Waals surface area contributed by atoms with Gasteiger partial charge in [-0.1, -0.05) is 24.3 Å². The zero-order valence-corrected chi connectivity index (χ0v) is 14.4. The highest BCUT2D eigenvalue weighted by Gasteiger charge is 2.17. The number of nitrogens with one attached hydrogen (secondary N) is 1. The lowest BCUT2D eigenvalue weighted by atomic mass is 10.2. The third kappa shape index (κ3) is 2.73. The summed E-state index contributed by atoms with van der Waals surface area (Å²) in [5.74, 6) is -0.392. The van der Waals surface area contributed by atoms with Gasteiger partial charge in [0.1, 0.15) is 16.4 Å². The molecule has 4 rings (SSSR count). The quantitative estimate of drug-likeness (QED) is 0.373. The van der Waals surface area contributed by atoms with Crippen molar-refractivity contribution in [2.75, 3.05) is 0 Å². The molecule has 0 aliphatic heterocycles. The monoisotopic (exact) mass is 368 g/mol. The number of rotatable bonds is 3. The van der Waals surface area contributed by atoms with E-state index in [9.17, 15) is 15.0 Å². The van der Waals surface area contributed by atoms with E-state index in [0.717, 1.165) is 14.8 Å². The Morgan fingerprint density at radius 3 is 2.16 bits per heavy atom. The van der Waals surface area contributed by atoms with E-state index in [0.29, 0.717) is 10.3 Å². The van der Waals surface area contributed by atoms with Gasteiger partial charge in [-0.3, -0.25) is 4.79 Å². The predicted octanol–water partition coefficient (Wildman–Crippen LogP) is 4.29. The fraction of sp³-hybridized carbons (Fsp3) is 0. The van der Waals surface area contributed by atoms with Crippen LogP contribution in [0.15, 0.2) is 53.6 Å². The average molecular weight is 368 g/mol. The Morgan fingerprint density at radius 2 is 1.52 bits per heavy atom. The number of hydrogen-bond acceptors (Lipinski definition) is 6. The second-order valence-corrected chi connectivity index (χ2v) is 7.42. The zero-order chi connectivity index (χ0) is 17.4. The molecular weight excluding hydrogens is 356 g/mol. The highest BCUT2D eigenvalue weighted by Crippen LogP contribution is 2.37. The summed E-state index contributed by atoms with van der Waals surface area (Å²) in [6.45, 7) is 0. The molecule has 2 aromatic heterocycles. The topological polar surface area (TPSA) is 81.9 Å². The first kappa shape index (κ1) is 15.6. The predicted molar refractivity (Wildman–Crippen MR) is 102 cm³/mol. The van der Waals surface area contributed by atoms with Crippen LogP contribution in [-0.2, 0) is 0 Å². The Labute approximate surface area is 150 Å². The van der Waals surface area contributed by atoms with Crippen LogP contribution in [0.1, 0.15) is 14.5 Å². The number of benzene rings is 2. The first-order chi connectivity index (χ1) is 12.1. The Morgan fingerprint density at radius 1 is 0.920 bits per heavy atom. The van der Waals surface area contributed by atoms with Gasteiger partial charge >= 0.3 is 0 Å². The van der Waals surface area contributed by atoms with Crippen LogP contribution in [0.2, 0.25) is 0 Å². The summed E-state index contributed by atoms with van der Waals surface area (Å²) >= 11 is 2.58. The van der Waals surface area contributed by atoms with E-state index in [2.05, 4.69) is 10.5 Å². The molecule has 2 heterocycles.